The van der Waals surface area contributed by atoms with Crippen molar-refractivity contribution in [3.8, 4) is 11.4 Å². The Hall–Kier alpha value is -4.20. The first-order valence-electron chi connectivity index (χ1n) is 11.7. The minimum Gasteiger partial charge on any atom is -0.392 e. The Balaban J connectivity index is 1.53. The lowest BCUT2D eigenvalue weighted by atomic mass is 10.1. The SMILES string of the molecule is CN(Cc1nc2c(N3CCOCC3)nc(-c3cccc(CO)c3)nc2n1C)c1ncc(C(=O)ON)cn1. The van der Waals surface area contributed by atoms with Gasteiger partial charge in [0.05, 0.1) is 31.9 Å². The number of aryl methyl sites for hydroxylation is 1. The van der Waals surface area contributed by atoms with Gasteiger partial charge in [0.1, 0.15) is 5.82 Å². The largest absolute Gasteiger partial charge is 0.392 e. The Labute approximate surface area is 212 Å². The summed E-state index contributed by atoms with van der Waals surface area (Å²) in [7, 11) is 3.74. The molecule has 0 saturated carbocycles. The first-order chi connectivity index (χ1) is 18.0. The van der Waals surface area contributed by atoms with Crippen molar-refractivity contribution in [1.29, 1.82) is 0 Å². The van der Waals surface area contributed by atoms with Gasteiger partial charge in [0, 0.05) is 45.1 Å². The van der Waals surface area contributed by atoms with Gasteiger partial charge >= 0.3 is 5.97 Å². The molecule has 4 aromatic rings. The van der Waals surface area contributed by atoms with Crippen molar-refractivity contribution < 1.29 is 19.5 Å². The van der Waals surface area contributed by atoms with Crippen LogP contribution in [0.5, 0.6) is 0 Å². The van der Waals surface area contributed by atoms with Gasteiger partial charge in [-0.2, -0.15) is 5.90 Å². The van der Waals surface area contributed by atoms with Crippen LogP contribution in [0.1, 0.15) is 21.7 Å². The second-order valence-corrected chi connectivity index (χ2v) is 8.62. The molecule has 1 fully saturated rings. The van der Waals surface area contributed by atoms with Crippen molar-refractivity contribution in [3.05, 3.63) is 53.6 Å². The molecule has 1 aliphatic rings. The Kier molecular flexibility index (Phi) is 6.90. The van der Waals surface area contributed by atoms with Gasteiger partial charge in [0.2, 0.25) is 5.95 Å². The molecule has 0 unspecified atom stereocenters. The summed E-state index contributed by atoms with van der Waals surface area (Å²) in [6.45, 7) is 2.91. The summed E-state index contributed by atoms with van der Waals surface area (Å²) in [5.41, 5.74) is 3.13. The molecule has 192 valence electrons. The first-order valence-corrected chi connectivity index (χ1v) is 11.7. The normalized spacial score (nSPS) is 13.7. The van der Waals surface area contributed by atoms with E-state index in [1.807, 2.05) is 47.8 Å². The van der Waals surface area contributed by atoms with Crippen LogP contribution in [0.2, 0.25) is 0 Å². The first kappa shape index (κ1) is 24.5. The molecule has 0 aliphatic carbocycles. The maximum Gasteiger partial charge on any atom is 0.359 e. The quantitative estimate of drug-likeness (QED) is 0.341. The number of aromatic nitrogens is 6. The molecule has 13 nitrogen and oxygen atoms in total. The van der Waals surface area contributed by atoms with Crippen LogP contribution in [-0.4, -0.2) is 73.9 Å². The lowest BCUT2D eigenvalue weighted by molar-refractivity contribution is 0.0502. The van der Waals surface area contributed by atoms with E-state index in [4.69, 9.17) is 25.6 Å². The molecule has 4 heterocycles. The summed E-state index contributed by atoms with van der Waals surface area (Å²) >= 11 is 0. The highest BCUT2D eigenvalue weighted by molar-refractivity contribution is 5.88. The van der Waals surface area contributed by atoms with E-state index in [-0.39, 0.29) is 12.2 Å². The summed E-state index contributed by atoms with van der Waals surface area (Å²) < 4.78 is 7.47. The molecular weight excluding hydrogens is 478 g/mol. The van der Waals surface area contributed by atoms with E-state index < -0.39 is 5.97 Å². The number of nitrogens with two attached hydrogens (primary N) is 1. The fourth-order valence-corrected chi connectivity index (χ4v) is 4.14. The Morgan fingerprint density at radius 3 is 2.65 bits per heavy atom. The lowest BCUT2D eigenvalue weighted by Crippen LogP contribution is -2.37. The van der Waals surface area contributed by atoms with Gasteiger partial charge in [-0.3, -0.25) is 0 Å². The fraction of sp³-hybridized carbons (Fsp3) is 0.333. The van der Waals surface area contributed by atoms with Gasteiger partial charge in [-0.25, -0.2) is 29.7 Å². The predicted octanol–water partition coefficient (Wildman–Crippen LogP) is 0.816. The van der Waals surface area contributed by atoms with Gasteiger partial charge < -0.3 is 29.0 Å². The lowest BCUT2D eigenvalue weighted by Gasteiger charge is -2.28. The highest BCUT2D eigenvalue weighted by Crippen LogP contribution is 2.29. The van der Waals surface area contributed by atoms with Crippen molar-refractivity contribution >= 4 is 28.9 Å². The molecule has 1 saturated heterocycles. The van der Waals surface area contributed by atoms with Crippen molar-refractivity contribution in [3.63, 3.8) is 0 Å². The summed E-state index contributed by atoms with van der Waals surface area (Å²) in [4.78, 5) is 42.9. The molecular formula is C24H27N9O4. The molecule has 0 amide bonds. The molecule has 5 rings (SSSR count). The number of nitrogens with zero attached hydrogens (tertiary/aromatic N) is 8. The number of anilines is 2. The summed E-state index contributed by atoms with van der Waals surface area (Å²) in [5.74, 6) is 6.65. The zero-order valence-electron chi connectivity index (χ0n) is 20.5. The van der Waals surface area contributed by atoms with Gasteiger partial charge in [-0.1, -0.05) is 18.2 Å². The second kappa shape index (κ2) is 10.4. The van der Waals surface area contributed by atoms with Crippen LogP contribution >= 0.6 is 0 Å². The molecule has 37 heavy (non-hydrogen) atoms. The topological polar surface area (TPSA) is 158 Å². The standard InChI is InChI=1S/C24H27N9O4/c1-31(24-26-11-17(12-27-24)23(35)37-25)13-18-28-19-21(32(18)2)29-20(16-5-3-4-15(10-16)14-34)30-22(19)33-6-8-36-9-7-33/h3-5,10-12,34H,6-9,13-14,25H2,1-2H3. The van der Waals surface area contributed by atoms with Gasteiger partial charge in [-0.15, -0.1) is 0 Å². The Bertz CT molecular complexity index is 1420. The number of morpholine rings is 1. The third kappa shape index (κ3) is 4.91. The van der Waals surface area contributed by atoms with Crippen molar-refractivity contribution in [2.45, 2.75) is 13.2 Å². The zero-order chi connectivity index (χ0) is 25.9. The second-order valence-electron chi connectivity index (χ2n) is 8.62. The minimum absolute atomic E-state index is 0.0644. The van der Waals surface area contributed by atoms with Crippen molar-refractivity contribution in [2.75, 3.05) is 43.2 Å². The number of imidazole rings is 1. The van der Waals surface area contributed by atoms with Gasteiger partial charge in [0.25, 0.3) is 0 Å². The number of fused-ring (bicyclic) bond motifs is 1. The molecule has 0 atom stereocenters. The number of ether oxygens (including phenoxy) is 1. The third-order valence-electron chi connectivity index (χ3n) is 6.17. The van der Waals surface area contributed by atoms with Crippen LogP contribution in [0.15, 0.2) is 36.7 Å². The number of carbonyl (C=O) groups is 1. The molecule has 3 N–H and O–H groups in total. The number of rotatable bonds is 7. The number of aliphatic hydroxyl groups excluding tert-OH is 1. The molecule has 0 bridgehead atoms. The smallest absolute Gasteiger partial charge is 0.359 e. The maximum absolute atomic E-state index is 11.6. The Morgan fingerprint density at radius 2 is 1.95 bits per heavy atom. The number of hydrogen-bond donors (Lipinski definition) is 2. The van der Waals surface area contributed by atoms with Crippen LogP contribution in [0.3, 0.4) is 0 Å². The molecule has 0 radical (unpaired) electrons. The van der Waals surface area contributed by atoms with Crippen molar-refractivity contribution in [1.82, 2.24) is 29.5 Å². The molecule has 13 heteroatoms. The van der Waals surface area contributed by atoms with E-state index in [2.05, 4.69) is 19.7 Å². The van der Waals surface area contributed by atoms with Gasteiger partial charge in [0.15, 0.2) is 22.8 Å². The number of carbonyl (C=O) groups excluding carboxylic acids is 1. The highest BCUT2D eigenvalue weighted by Gasteiger charge is 2.23. The van der Waals surface area contributed by atoms with E-state index in [1.54, 1.807) is 0 Å². The van der Waals surface area contributed by atoms with Gasteiger partial charge in [-0.05, 0) is 11.6 Å². The van der Waals surface area contributed by atoms with Crippen LogP contribution in [0.4, 0.5) is 11.8 Å². The average Bonchev–Trinajstić information content (AvgIpc) is 3.27. The monoisotopic (exact) mass is 505 g/mol. The molecule has 3 aromatic heterocycles. The maximum atomic E-state index is 11.6. The molecule has 1 aromatic carbocycles. The van der Waals surface area contributed by atoms with E-state index in [0.717, 1.165) is 22.8 Å². The average molecular weight is 506 g/mol. The highest BCUT2D eigenvalue weighted by atomic mass is 16.7. The van der Waals surface area contributed by atoms with Crippen LogP contribution in [-0.2, 0) is 29.8 Å². The predicted molar refractivity (Wildman–Crippen MR) is 134 cm³/mol. The fourth-order valence-electron chi connectivity index (χ4n) is 4.14. The van der Waals surface area contributed by atoms with E-state index in [1.165, 1.54) is 12.4 Å². The van der Waals surface area contributed by atoms with E-state index >= 15 is 0 Å². The van der Waals surface area contributed by atoms with E-state index in [9.17, 15) is 9.90 Å². The summed E-state index contributed by atoms with van der Waals surface area (Å²) in [6.07, 6.45) is 2.72. The zero-order valence-corrected chi connectivity index (χ0v) is 20.5. The van der Waals surface area contributed by atoms with Crippen LogP contribution in [0, 0.1) is 0 Å². The number of hydrogen-bond acceptors (Lipinski definition) is 12. The summed E-state index contributed by atoms with van der Waals surface area (Å²) in [6, 6.07) is 7.55. The minimum atomic E-state index is -0.709. The van der Waals surface area contributed by atoms with Crippen LogP contribution in [0.25, 0.3) is 22.6 Å². The molecule has 1 aliphatic heterocycles. The van der Waals surface area contributed by atoms with E-state index in [0.29, 0.717) is 55.8 Å². The summed E-state index contributed by atoms with van der Waals surface area (Å²) in [5, 5.41) is 9.60. The number of aliphatic hydroxyl groups is 1. The molecule has 0 spiro atoms. The Morgan fingerprint density at radius 1 is 1.19 bits per heavy atom. The van der Waals surface area contributed by atoms with Crippen LogP contribution < -0.4 is 15.7 Å². The number of benzene rings is 1. The third-order valence-corrected chi connectivity index (χ3v) is 6.17. The van der Waals surface area contributed by atoms with Crippen molar-refractivity contribution in [2.24, 2.45) is 12.9 Å².